The Bertz CT molecular complexity index is 925. The van der Waals surface area contributed by atoms with Gasteiger partial charge in [-0.3, -0.25) is 14.3 Å². The van der Waals surface area contributed by atoms with Gasteiger partial charge in [0.1, 0.15) is 17.4 Å². The van der Waals surface area contributed by atoms with Crippen molar-refractivity contribution >= 4 is 22.7 Å². The molecule has 1 fully saturated rings. The number of amides is 2. The van der Waals surface area contributed by atoms with Crippen molar-refractivity contribution in [3.63, 3.8) is 0 Å². The SMILES string of the molecule is CC(C)(C)C(NC(=O)c1nn(CC2CC(F)(F)C2)c2c(F)cccc12)C(N)=O. The molecule has 2 amide bonds. The lowest BCUT2D eigenvalue weighted by Gasteiger charge is -2.34. The maximum atomic E-state index is 14.4. The maximum Gasteiger partial charge on any atom is 0.273 e. The average Bonchev–Trinajstić information content (AvgIpc) is 2.89. The molecule has 1 heterocycles. The van der Waals surface area contributed by atoms with Crippen LogP contribution in [0.3, 0.4) is 0 Å². The number of benzene rings is 1. The Morgan fingerprint density at radius 1 is 1.36 bits per heavy atom. The van der Waals surface area contributed by atoms with Gasteiger partial charge in [0.25, 0.3) is 5.91 Å². The third-order valence-corrected chi connectivity index (χ3v) is 4.97. The van der Waals surface area contributed by atoms with Crippen LogP contribution in [-0.4, -0.2) is 33.6 Å². The zero-order valence-corrected chi connectivity index (χ0v) is 15.9. The maximum absolute atomic E-state index is 14.4. The molecule has 6 nitrogen and oxygen atoms in total. The number of alkyl halides is 2. The van der Waals surface area contributed by atoms with E-state index in [0.717, 1.165) is 0 Å². The first-order chi connectivity index (χ1) is 12.9. The van der Waals surface area contributed by atoms with Gasteiger partial charge in [-0.05, 0) is 17.4 Å². The summed E-state index contributed by atoms with van der Waals surface area (Å²) in [5.74, 6) is -5.02. The highest BCUT2D eigenvalue weighted by Gasteiger charge is 2.45. The zero-order chi connectivity index (χ0) is 20.9. The molecule has 0 aliphatic heterocycles. The number of nitrogens with one attached hydrogen (secondary N) is 1. The molecule has 1 aromatic carbocycles. The van der Waals surface area contributed by atoms with E-state index in [-0.39, 0.29) is 41.9 Å². The van der Waals surface area contributed by atoms with Crippen molar-refractivity contribution in [3.05, 3.63) is 29.7 Å². The molecule has 3 N–H and O–H groups in total. The summed E-state index contributed by atoms with van der Waals surface area (Å²) in [5, 5.41) is 6.99. The van der Waals surface area contributed by atoms with Gasteiger partial charge in [-0.2, -0.15) is 5.10 Å². The number of nitrogens with zero attached hydrogens (tertiary/aromatic N) is 2. The smallest absolute Gasteiger partial charge is 0.273 e. The Kier molecular flexibility index (Phi) is 4.89. The predicted octanol–water partition coefficient (Wildman–Crippen LogP) is 2.85. The minimum atomic E-state index is -2.70. The minimum Gasteiger partial charge on any atom is -0.368 e. The van der Waals surface area contributed by atoms with Crippen LogP contribution in [0.4, 0.5) is 13.2 Å². The van der Waals surface area contributed by atoms with E-state index < -0.39 is 35.0 Å². The Morgan fingerprint density at radius 3 is 2.54 bits per heavy atom. The van der Waals surface area contributed by atoms with E-state index in [1.807, 2.05) is 0 Å². The van der Waals surface area contributed by atoms with Crippen LogP contribution in [0.25, 0.3) is 10.9 Å². The van der Waals surface area contributed by atoms with Crippen LogP contribution in [0.5, 0.6) is 0 Å². The summed E-state index contributed by atoms with van der Waals surface area (Å²) in [4.78, 5) is 24.5. The first-order valence-electron chi connectivity index (χ1n) is 9.02. The van der Waals surface area contributed by atoms with Crippen LogP contribution in [0.2, 0.25) is 0 Å². The van der Waals surface area contributed by atoms with Gasteiger partial charge in [0.15, 0.2) is 5.69 Å². The normalized spacial score (nSPS) is 17.9. The Morgan fingerprint density at radius 2 is 2.00 bits per heavy atom. The van der Waals surface area contributed by atoms with Crippen LogP contribution in [0.15, 0.2) is 18.2 Å². The number of nitrogens with two attached hydrogens (primary N) is 1. The molecule has 0 radical (unpaired) electrons. The molecule has 0 spiro atoms. The minimum absolute atomic E-state index is 0.0731. The molecule has 152 valence electrons. The molecule has 1 saturated carbocycles. The van der Waals surface area contributed by atoms with Gasteiger partial charge in [-0.25, -0.2) is 13.2 Å². The molecule has 1 unspecified atom stereocenters. The largest absolute Gasteiger partial charge is 0.368 e. The van der Waals surface area contributed by atoms with Crippen LogP contribution in [0, 0.1) is 17.2 Å². The summed E-state index contributed by atoms with van der Waals surface area (Å²) in [6, 6.07) is 3.23. The molecule has 28 heavy (non-hydrogen) atoms. The van der Waals surface area contributed by atoms with Crippen LogP contribution < -0.4 is 11.1 Å². The molecular weight excluding hydrogens is 373 g/mol. The first kappa shape index (κ1) is 20.2. The Labute approximate surface area is 160 Å². The van der Waals surface area contributed by atoms with Crippen molar-refractivity contribution in [3.8, 4) is 0 Å². The van der Waals surface area contributed by atoms with E-state index in [9.17, 15) is 22.8 Å². The fourth-order valence-electron chi connectivity index (χ4n) is 3.57. The third-order valence-electron chi connectivity index (χ3n) is 4.97. The van der Waals surface area contributed by atoms with Gasteiger partial charge in [0.05, 0.1) is 0 Å². The zero-order valence-electron chi connectivity index (χ0n) is 15.9. The van der Waals surface area contributed by atoms with E-state index in [4.69, 9.17) is 5.73 Å². The molecule has 3 rings (SSSR count). The van der Waals surface area contributed by atoms with Crippen LogP contribution in [0.1, 0.15) is 44.1 Å². The second-order valence-corrected chi connectivity index (χ2v) is 8.47. The molecule has 0 bridgehead atoms. The molecule has 0 saturated heterocycles. The van der Waals surface area contributed by atoms with E-state index in [2.05, 4.69) is 10.4 Å². The summed E-state index contributed by atoms with van der Waals surface area (Å²) in [5.41, 5.74) is 4.77. The highest BCUT2D eigenvalue weighted by atomic mass is 19.3. The van der Waals surface area contributed by atoms with Gasteiger partial charge in [-0.1, -0.05) is 32.9 Å². The lowest BCUT2D eigenvalue weighted by molar-refractivity contribution is -0.122. The van der Waals surface area contributed by atoms with Gasteiger partial charge < -0.3 is 11.1 Å². The Balaban J connectivity index is 1.94. The van der Waals surface area contributed by atoms with Crippen molar-refractivity contribution in [2.75, 3.05) is 0 Å². The van der Waals surface area contributed by atoms with Crippen molar-refractivity contribution in [2.24, 2.45) is 17.1 Å². The molecule has 1 aliphatic carbocycles. The number of hydrogen-bond donors (Lipinski definition) is 2. The van der Waals surface area contributed by atoms with Crippen molar-refractivity contribution < 1.29 is 22.8 Å². The number of aromatic nitrogens is 2. The van der Waals surface area contributed by atoms with Gasteiger partial charge in [0.2, 0.25) is 11.8 Å². The summed E-state index contributed by atoms with van der Waals surface area (Å²) >= 11 is 0. The topological polar surface area (TPSA) is 90.0 Å². The van der Waals surface area contributed by atoms with E-state index >= 15 is 0 Å². The number of rotatable bonds is 5. The molecular formula is C19H23F3N4O2. The van der Waals surface area contributed by atoms with E-state index in [1.54, 1.807) is 20.8 Å². The van der Waals surface area contributed by atoms with Gasteiger partial charge in [-0.15, -0.1) is 0 Å². The quantitative estimate of drug-likeness (QED) is 0.814. The number of halogens is 3. The highest BCUT2D eigenvalue weighted by molar-refractivity contribution is 6.06. The van der Waals surface area contributed by atoms with E-state index in [1.165, 1.54) is 22.9 Å². The van der Waals surface area contributed by atoms with Crippen molar-refractivity contribution in [2.45, 2.75) is 52.1 Å². The highest BCUT2D eigenvalue weighted by Crippen LogP contribution is 2.43. The lowest BCUT2D eigenvalue weighted by Crippen LogP contribution is -2.52. The van der Waals surface area contributed by atoms with Crippen molar-refractivity contribution in [1.82, 2.24) is 15.1 Å². The monoisotopic (exact) mass is 396 g/mol. The first-order valence-corrected chi connectivity index (χ1v) is 9.02. The summed E-state index contributed by atoms with van der Waals surface area (Å²) < 4.78 is 41.9. The predicted molar refractivity (Wildman–Crippen MR) is 97.3 cm³/mol. The van der Waals surface area contributed by atoms with Crippen molar-refractivity contribution in [1.29, 1.82) is 0 Å². The number of carbonyl (C=O) groups excluding carboxylic acids is 2. The standard InChI is InChI=1S/C19H23F3N4O2/c1-18(2,3)15(16(23)27)24-17(28)13-11-5-4-6-12(20)14(11)26(25-13)9-10-7-19(21,22)8-10/h4-6,10,15H,7-9H2,1-3H3,(H2,23,27)(H,24,28). The van der Waals surface area contributed by atoms with Gasteiger partial charge >= 0.3 is 0 Å². The number of hydrogen-bond acceptors (Lipinski definition) is 3. The molecule has 1 aliphatic rings. The van der Waals surface area contributed by atoms with Crippen LogP contribution in [-0.2, 0) is 11.3 Å². The fourth-order valence-corrected chi connectivity index (χ4v) is 3.57. The second kappa shape index (κ2) is 6.79. The summed E-state index contributed by atoms with van der Waals surface area (Å²) in [6.07, 6.45) is -0.587. The summed E-state index contributed by atoms with van der Waals surface area (Å²) in [6.45, 7) is 5.32. The average molecular weight is 396 g/mol. The van der Waals surface area contributed by atoms with E-state index in [0.29, 0.717) is 0 Å². The second-order valence-electron chi connectivity index (χ2n) is 8.47. The molecule has 2 aromatic rings. The Hall–Kier alpha value is -2.58. The lowest BCUT2D eigenvalue weighted by atomic mass is 9.81. The number of para-hydroxylation sites is 1. The van der Waals surface area contributed by atoms with Gasteiger partial charge in [0, 0.05) is 24.8 Å². The molecule has 1 atom stereocenters. The number of primary amides is 1. The number of carbonyl (C=O) groups is 2. The third kappa shape index (κ3) is 3.83. The van der Waals surface area contributed by atoms with Crippen LogP contribution >= 0.6 is 0 Å². The fraction of sp³-hybridized carbons (Fsp3) is 0.526. The molecule has 1 aromatic heterocycles. The molecule has 9 heteroatoms. The summed E-state index contributed by atoms with van der Waals surface area (Å²) in [7, 11) is 0. The number of fused-ring (bicyclic) bond motifs is 1.